The Morgan fingerprint density at radius 3 is 2.19 bits per heavy atom. The maximum Gasteiger partial charge on any atom is 0.435 e. The summed E-state index contributed by atoms with van der Waals surface area (Å²) in [5, 5.41) is 17.8. The number of primary sulfonamides is 1. The first kappa shape index (κ1) is 18.9. The number of aromatic nitrogens is 2. The summed E-state index contributed by atoms with van der Waals surface area (Å²) in [5.74, 6) is -1.67. The summed E-state index contributed by atoms with van der Waals surface area (Å²) in [6.07, 6.45) is -4.75. The molecule has 3 aromatic rings. The second-order valence-corrected chi connectivity index (χ2v) is 7.09. The van der Waals surface area contributed by atoms with Crippen molar-refractivity contribution < 1.29 is 31.1 Å². The molecule has 0 spiro atoms. The Bertz CT molecular complexity index is 1110. The number of sulfonamides is 1. The van der Waals surface area contributed by atoms with E-state index in [1.165, 1.54) is 18.2 Å². The minimum absolute atomic E-state index is 0.0313. The second kappa shape index (κ2) is 6.35. The van der Waals surface area contributed by atoms with Crippen molar-refractivity contribution in [2.24, 2.45) is 5.14 Å². The van der Waals surface area contributed by atoms with Gasteiger partial charge < -0.3 is 5.11 Å². The molecule has 1 heterocycles. The van der Waals surface area contributed by atoms with Crippen LogP contribution >= 0.6 is 0 Å². The second-order valence-electron chi connectivity index (χ2n) is 5.53. The molecule has 0 atom stereocenters. The number of alkyl halides is 3. The fourth-order valence-corrected chi connectivity index (χ4v) is 2.88. The van der Waals surface area contributed by atoms with Crippen LogP contribution in [0.2, 0.25) is 0 Å². The van der Waals surface area contributed by atoms with Gasteiger partial charge in [-0.1, -0.05) is 0 Å². The van der Waals surface area contributed by atoms with Gasteiger partial charge in [-0.2, -0.15) is 18.3 Å². The van der Waals surface area contributed by atoms with E-state index in [9.17, 15) is 31.1 Å². The molecule has 0 fully saturated rings. The highest BCUT2D eigenvalue weighted by Crippen LogP contribution is 2.34. The van der Waals surface area contributed by atoms with Crippen LogP contribution in [0.5, 0.6) is 5.75 Å². The monoisotopic (exact) mass is 401 g/mol. The summed E-state index contributed by atoms with van der Waals surface area (Å²) >= 11 is 0. The molecule has 0 bridgehead atoms. The highest BCUT2D eigenvalue weighted by atomic mass is 32.2. The largest absolute Gasteiger partial charge is 0.505 e. The van der Waals surface area contributed by atoms with Gasteiger partial charge in [-0.3, -0.25) is 0 Å². The number of aromatic hydroxyl groups is 1. The van der Waals surface area contributed by atoms with Crippen LogP contribution in [0.1, 0.15) is 5.69 Å². The predicted octanol–water partition coefficient (Wildman–Crippen LogP) is 3.05. The molecule has 0 amide bonds. The van der Waals surface area contributed by atoms with Gasteiger partial charge in [0.05, 0.1) is 16.3 Å². The number of hydrogen-bond donors (Lipinski definition) is 2. The minimum Gasteiger partial charge on any atom is -0.505 e. The molecule has 27 heavy (non-hydrogen) atoms. The molecule has 6 nitrogen and oxygen atoms in total. The van der Waals surface area contributed by atoms with Crippen molar-refractivity contribution in [2.75, 3.05) is 0 Å². The number of phenolic OH excluding ortho intramolecular Hbond substituents is 1. The average molecular weight is 401 g/mol. The molecular formula is C16H11F4N3O3S. The van der Waals surface area contributed by atoms with Crippen molar-refractivity contribution in [1.82, 2.24) is 9.78 Å². The van der Waals surface area contributed by atoms with Gasteiger partial charge in [0.1, 0.15) is 0 Å². The van der Waals surface area contributed by atoms with Crippen LogP contribution in [-0.4, -0.2) is 23.3 Å². The number of halogens is 4. The van der Waals surface area contributed by atoms with E-state index in [0.29, 0.717) is 0 Å². The standard InChI is InChI=1S/C16H11F4N3O3S/c17-12-7-9(1-6-14(12)24)13-8-15(16(18,19)20)22-23(13)10-2-4-11(5-3-10)27(21,25)26/h1-8,24H,(H2,21,25,26). The number of rotatable bonds is 3. The summed E-state index contributed by atoms with van der Waals surface area (Å²) < 4.78 is 76.4. The average Bonchev–Trinajstić information content (AvgIpc) is 3.02. The number of benzene rings is 2. The van der Waals surface area contributed by atoms with E-state index in [1.807, 2.05) is 0 Å². The molecule has 11 heteroatoms. The molecule has 0 radical (unpaired) electrons. The predicted molar refractivity (Wildman–Crippen MR) is 87.0 cm³/mol. The van der Waals surface area contributed by atoms with Gasteiger partial charge >= 0.3 is 6.18 Å². The van der Waals surface area contributed by atoms with Gasteiger partial charge in [0.2, 0.25) is 10.0 Å². The van der Waals surface area contributed by atoms with Gasteiger partial charge in [0.15, 0.2) is 17.3 Å². The molecule has 0 saturated carbocycles. The van der Waals surface area contributed by atoms with Crippen LogP contribution in [-0.2, 0) is 16.2 Å². The van der Waals surface area contributed by atoms with Crippen molar-refractivity contribution >= 4 is 10.0 Å². The summed E-state index contributed by atoms with van der Waals surface area (Å²) in [6.45, 7) is 0. The highest BCUT2D eigenvalue weighted by molar-refractivity contribution is 7.89. The number of nitrogens with two attached hydrogens (primary N) is 1. The Kier molecular flexibility index (Phi) is 4.44. The van der Waals surface area contributed by atoms with Gasteiger partial charge in [-0.05, 0) is 48.5 Å². The first-order valence-electron chi connectivity index (χ1n) is 7.26. The lowest BCUT2D eigenvalue weighted by molar-refractivity contribution is -0.141. The lowest BCUT2D eigenvalue weighted by atomic mass is 10.1. The number of hydrogen-bond acceptors (Lipinski definition) is 4. The first-order chi connectivity index (χ1) is 12.5. The zero-order chi connectivity index (χ0) is 20.0. The SMILES string of the molecule is NS(=O)(=O)c1ccc(-n2nc(C(F)(F)F)cc2-c2ccc(O)c(F)c2)cc1. The van der Waals surface area contributed by atoms with Gasteiger partial charge in [-0.15, -0.1) is 0 Å². The zero-order valence-corrected chi connectivity index (χ0v) is 14.1. The normalized spacial score (nSPS) is 12.3. The molecule has 0 unspecified atom stereocenters. The third-order valence-electron chi connectivity index (χ3n) is 3.65. The van der Waals surface area contributed by atoms with E-state index >= 15 is 0 Å². The lowest BCUT2D eigenvalue weighted by Gasteiger charge is -2.09. The van der Waals surface area contributed by atoms with E-state index in [0.717, 1.165) is 35.0 Å². The van der Waals surface area contributed by atoms with Crippen LogP contribution in [0, 0.1) is 5.82 Å². The molecule has 3 rings (SSSR count). The summed E-state index contributed by atoms with van der Waals surface area (Å²) in [4.78, 5) is -0.230. The van der Waals surface area contributed by atoms with Crippen LogP contribution < -0.4 is 5.14 Å². The minimum atomic E-state index is -4.75. The highest BCUT2D eigenvalue weighted by Gasteiger charge is 2.35. The maximum atomic E-state index is 13.6. The molecule has 0 aliphatic rings. The van der Waals surface area contributed by atoms with Gasteiger partial charge in [-0.25, -0.2) is 22.6 Å². The Labute approximate surface area is 150 Å². The third kappa shape index (κ3) is 3.78. The van der Waals surface area contributed by atoms with E-state index in [2.05, 4.69) is 5.10 Å². The Morgan fingerprint density at radius 1 is 1.04 bits per heavy atom. The molecule has 0 aliphatic heterocycles. The summed E-state index contributed by atoms with van der Waals surface area (Å²) in [5.41, 5.74) is -1.20. The van der Waals surface area contributed by atoms with Crippen molar-refractivity contribution in [2.45, 2.75) is 11.1 Å². The summed E-state index contributed by atoms with van der Waals surface area (Å²) in [6, 6.07) is 8.47. The molecule has 2 aromatic carbocycles. The zero-order valence-electron chi connectivity index (χ0n) is 13.3. The fourth-order valence-electron chi connectivity index (χ4n) is 2.37. The molecule has 1 aromatic heterocycles. The van der Waals surface area contributed by atoms with Crippen molar-refractivity contribution in [1.29, 1.82) is 0 Å². The van der Waals surface area contributed by atoms with Crippen molar-refractivity contribution in [3.8, 4) is 22.7 Å². The first-order valence-corrected chi connectivity index (χ1v) is 8.81. The number of phenols is 1. The Hall–Kier alpha value is -2.92. The van der Waals surface area contributed by atoms with Crippen molar-refractivity contribution in [3.05, 3.63) is 60.0 Å². The van der Waals surface area contributed by atoms with Crippen LogP contribution in [0.15, 0.2) is 53.4 Å². The lowest BCUT2D eigenvalue weighted by Crippen LogP contribution is -2.12. The third-order valence-corrected chi connectivity index (χ3v) is 4.58. The molecule has 0 saturated heterocycles. The van der Waals surface area contributed by atoms with Crippen molar-refractivity contribution in [3.63, 3.8) is 0 Å². The Morgan fingerprint density at radius 2 is 1.67 bits per heavy atom. The fraction of sp³-hybridized carbons (Fsp3) is 0.0625. The molecule has 3 N–H and O–H groups in total. The molecular weight excluding hydrogens is 390 g/mol. The smallest absolute Gasteiger partial charge is 0.435 e. The van der Waals surface area contributed by atoms with E-state index in [-0.39, 0.29) is 21.8 Å². The van der Waals surface area contributed by atoms with E-state index in [4.69, 9.17) is 5.14 Å². The van der Waals surface area contributed by atoms with Gasteiger partial charge in [0, 0.05) is 5.56 Å². The molecule has 142 valence electrons. The topological polar surface area (TPSA) is 98.2 Å². The van der Waals surface area contributed by atoms with Crippen LogP contribution in [0.4, 0.5) is 17.6 Å². The van der Waals surface area contributed by atoms with E-state index < -0.39 is 33.5 Å². The summed E-state index contributed by atoms with van der Waals surface area (Å²) in [7, 11) is -3.98. The quantitative estimate of drug-likeness (QED) is 0.659. The molecule has 0 aliphatic carbocycles. The number of nitrogens with zero attached hydrogens (tertiary/aromatic N) is 2. The Balaban J connectivity index is 2.19. The van der Waals surface area contributed by atoms with Crippen LogP contribution in [0.25, 0.3) is 16.9 Å². The van der Waals surface area contributed by atoms with Gasteiger partial charge in [0.25, 0.3) is 0 Å². The van der Waals surface area contributed by atoms with E-state index in [1.54, 1.807) is 0 Å². The maximum absolute atomic E-state index is 13.6. The van der Waals surface area contributed by atoms with Crippen LogP contribution in [0.3, 0.4) is 0 Å².